The van der Waals surface area contributed by atoms with Crippen LogP contribution in [0.15, 0.2) is 48.5 Å². The van der Waals surface area contributed by atoms with Crippen molar-refractivity contribution in [3.05, 3.63) is 59.7 Å². The maximum atomic E-state index is 13.6. The lowest BCUT2D eigenvalue weighted by Crippen LogP contribution is -2.73. The fourth-order valence-electron chi connectivity index (χ4n) is 4.43. The number of rotatable bonds is 6. The number of barbiturate groups is 1. The molecule has 0 aliphatic carbocycles. The van der Waals surface area contributed by atoms with Gasteiger partial charge in [-0.3, -0.25) is 20.2 Å². The van der Waals surface area contributed by atoms with Crippen molar-refractivity contribution >= 4 is 35.2 Å². The molecule has 2 aliphatic heterocycles. The maximum Gasteiger partial charge on any atom is 0.328 e. The highest BCUT2D eigenvalue weighted by Gasteiger charge is 2.64. The monoisotopic (exact) mass is 468 g/mol. The van der Waals surface area contributed by atoms with Gasteiger partial charge in [0.1, 0.15) is 11.5 Å². The summed E-state index contributed by atoms with van der Waals surface area (Å²) in [6, 6.07) is 11.4. The van der Waals surface area contributed by atoms with Gasteiger partial charge >= 0.3 is 6.03 Å². The number of ether oxygens (including phenoxy) is 2. The van der Waals surface area contributed by atoms with Crippen LogP contribution in [0.25, 0.3) is 0 Å². The van der Waals surface area contributed by atoms with E-state index in [0.717, 1.165) is 0 Å². The second-order valence-electron chi connectivity index (χ2n) is 7.53. The minimum atomic E-state index is -1.84. The van der Waals surface area contributed by atoms with Crippen molar-refractivity contribution in [2.45, 2.75) is 25.9 Å². The Labute approximate surface area is 196 Å². The summed E-state index contributed by atoms with van der Waals surface area (Å²) in [5.74, 6) is -0.524. The van der Waals surface area contributed by atoms with Crippen molar-refractivity contribution in [1.82, 2.24) is 21.3 Å². The van der Waals surface area contributed by atoms with E-state index in [1.54, 1.807) is 48.5 Å². The molecule has 0 saturated carbocycles. The minimum Gasteiger partial charge on any atom is -0.494 e. The molecule has 2 aliphatic rings. The molecule has 2 fully saturated rings. The molecule has 4 amide bonds. The number of benzene rings is 2. The van der Waals surface area contributed by atoms with Crippen LogP contribution < -0.4 is 30.7 Å². The second-order valence-corrected chi connectivity index (χ2v) is 7.94. The lowest BCUT2D eigenvalue weighted by Gasteiger charge is -2.49. The normalized spacial score (nSPS) is 21.5. The van der Waals surface area contributed by atoms with E-state index in [9.17, 15) is 14.4 Å². The molecule has 4 rings (SSSR count). The molecule has 1 spiro atoms. The Balaban J connectivity index is 1.98. The third-order valence-corrected chi connectivity index (χ3v) is 5.96. The minimum absolute atomic E-state index is 0.241. The van der Waals surface area contributed by atoms with Gasteiger partial charge in [0.15, 0.2) is 10.5 Å². The molecule has 0 radical (unpaired) electrons. The quantitative estimate of drug-likeness (QED) is 0.376. The van der Waals surface area contributed by atoms with Gasteiger partial charge in [0.05, 0.1) is 25.3 Å². The largest absolute Gasteiger partial charge is 0.494 e. The molecule has 2 atom stereocenters. The summed E-state index contributed by atoms with van der Waals surface area (Å²) in [6.45, 7) is 4.44. The van der Waals surface area contributed by atoms with E-state index in [0.29, 0.717) is 35.8 Å². The summed E-state index contributed by atoms with van der Waals surface area (Å²) in [4.78, 5) is 39.2. The topological polar surface area (TPSA) is 118 Å². The molecule has 172 valence electrons. The zero-order valence-electron chi connectivity index (χ0n) is 18.1. The number of carbonyl (C=O) groups excluding carboxylic acids is 3. The molecule has 0 aromatic heterocycles. The molecular formula is C23H24N4O5S. The van der Waals surface area contributed by atoms with Gasteiger partial charge in [0.2, 0.25) is 11.8 Å². The van der Waals surface area contributed by atoms with E-state index in [1.165, 1.54) is 0 Å². The summed E-state index contributed by atoms with van der Waals surface area (Å²) in [7, 11) is 0. The molecule has 2 aromatic rings. The number of hydrogen-bond acceptors (Lipinski definition) is 6. The summed E-state index contributed by atoms with van der Waals surface area (Å²) in [6.07, 6.45) is 0. The van der Waals surface area contributed by atoms with Gasteiger partial charge in [-0.2, -0.15) is 0 Å². The molecule has 0 unspecified atom stereocenters. The van der Waals surface area contributed by atoms with Crippen LogP contribution >= 0.6 is 12.2 Å². The molecule has 9 nitrogen and oxygen atoms in total. The highest BCUT2D eigenvalue weighted by molar-refractivity contribution is 7.80. The predicted octanol–water partition coefficient (Wildman–Crippen LogP) is 2.10. The van der Waals surface area contributed by atoms with Crippen LogP contribution in [0.5, 0.6) is 11.5 Å². The smallest absolute Gasteiger partial charge is 0.328 e. The van der Waals surface area contributed by atoms with E-state index in [4.69, 9.17) is 21.7 Å². The Kier molecular flexibility index (Phi) is 6.19. The average molecular weight is 469 g/mol. The van der Waals surface area contributed by atoms with Crippen LogP contribution in [0, 0.1) is 5.41 Å². The van der Waals surface area contributed by atoms with Crippen molar-refractivity contribution in [2.75, 3.05) is 13.2 Å². The van der Waals surface area contributed by atoms with Gasteiger partial charge in [-0.05, 0) is 38.2 Å². The van der Waals surface area contributed by atoms with Crippen LogP contribution in [-0.2, 0) is 9.59 Å². The van der Waals surface area contributed by atoms with Gasteiger partial charge < -0.3 is 20.1 Å². The first-order valence-corrected chi connectivity index (χ1v) is 11.0. The Hall–Kier alpha value is -3.66. The summed E-state index contributed by atoms with van der Waals surface area (Å²) in [5.41, 5.74) is -0.722. The summed E-state index contributed by atoms with van der Waals surface area (Å²) < 4.78 is 11.6. The molecule has 0 bridgehead atoms. The molecule has 33 heavy (non-hydrogen) atoms. The molecule has 2 aromatic carbocycles. The molecule has 2 saturated heterocycles. The highest BCUT2D eigenvalue weighted by Crippen LogP contribution is 2.51. The fraction of sp³-hybridized carbons (Fsp3) is 0.304. The zero-order valence-corrected chi connectivity index (χ0v) is 19.0. The molecule has 4 N–H and O–H groups in total. The Morgan fingerprint density at radius 2 is 1.21 bits per heavy atom. The first-order chi connectivity index (χ1) is 15.9. The lowest BCUT2D eigenvalue weighted by atomic mass is 9.65. The number of urea groups is 1. The van der Waals surface area contributed by atoms with E-state index in [1.807, 2.05) is 13.8 Å². The van der Waals surface area contributed by atoms with Crippen molar-refractivity contribution in [3.63, 3.8) is 0 Å². The number of nitrogens with one attached hydrogen (secondary N) is 4. The van der Waals surface area contributed by atoms with E-state index < -0.39 is 35.3 Å². The number of amides is 4. The van der Waals surface area contributed by atoms with E-state index in [-0.39, 0.29) is 5.11 Å². The maximum absolute atomic E-state index is 13.6. The number of imide groups is 2. The van der Waals surface area contributed by atoms with Gasteiger partial charge in [0, 0.05) is 11.1 Å². The Bertz CT molecular complexity index is 1040. The van der Waals surface area contributed by atoms with Crippen molar-refractivity contribution in [3.8, 4) is 11.5 Å². The van der Waals surface area contributed by atoms with Crippen molar-refractivity contribution in [2.24, 2.45) is 5.41 Å². The van der Waals surface area contributed by atoms with Crippen molar-refractivity contribution in [1.29, 1.82) is 0 Å². The number of para-hydroxylation sites is 2. The summed E-state index contributed by atoms with van der Waals surface area (Å²) in [5, 5.41) is 11.0. The predicted molar refractivity (Wildman–Crippen MR) is 124 cm³/mol. The lowest BCUT2D eigenvalue weighted by molar-refractivity contribution is -0.149. The second kappa shape index (κ2) is 9.07. The Morgan fingerprint density at radius 3 is 1.64 bits per heavy atom. The van der Waals surface area contributed by atoms with Crippen LogP contribution in [0.1, 0.15) is 37.1 Å². The van der Waals surface area contributed by atoms with E-state index in [2.05, 4.69) is 21.3 Å². The fourth-order valence-corrected chi connectivity index (χ4v) is 4.66. The number of thiocarbonyl (C=S) groups is 1. The zero-order chi connectivity index (χ0) is 23.6. The SMILES string of the molecule is CCOc1ccccc1[C@H]1NC(=S)N[C@H](c2ccccc2OCC)C12C(=O)NC(=O)NC2=O. The van der Waals surface area contributed by atoms with Crippen LogP contribution in [0.3, 0.4) is 0 Å². The summed E-state index contributed by atoms with van der Waals surface area (Å²) >= 11 is 5.49. The van der Waals surface area contributed by atoms with Crippen LogP contribution in [-0.4, -0.2) is 36.2 Å². The average Bonchev–Trinajstić information content (AvgIpc) is 2.79. The standard InChI is InChI=1S/C23H24N4O5S/c1-3-31-15-11-7-5-9-13(15)17-23(19(28)26-21(30)27-20(23)29)18(25-22(33)24-17)14-10-6-8-12-16(14)32-4-2/h5-12,17-18H,3-4H2,1-2H3,(H2,24,25,33)(H2,26,27,28,29,30)/t17-,18-/m1/s1. The van der Waals surface area contributed by atoms with Gasteiger partial charge in [0.25, 0.3) is 0 Å². The van der Waals surface area contributed by atoms with E-state index >= 15 is 0 Å². The van der Waals surface area contributed by atoms with Crippen LogP contribution in [0.2, 0.25) is 0 Å². The number of carbonyl (C=O) groups is 3. The first kappa shape index (κ1) is 22.5. The highest BCUT2D eigenvalue weighted by atomic mass is 32.1. The van der Waals surface area contributed by atoms with Crippen molar-refractivity contribution < 1.29 is 23.9 Å². The molecule has 10 heteroatoms. The first-order valence-electron chi connectivity index (χ1n) is 10.6. The van der Waals surface area contributed by atoms with Gasteiger partial charge in [-0.1, -0.05) is 36.4 Å². The third-order valence-electron chi connectivity index (χ3n) is 5.73. The molecular weight excluding hydrogens is 444 g/mol. The number of hydrogen-bond donors (Lipinski definition) is 4. The third kappa shape index (κ3) is 3.76. The van der Waals surface area contributed by atoms with Crippen LogP contribution in [0.4, 0.5) is 4.79 Å². The Morgan fingerprint density at radius 1 is 0.788 bits per heavy atom. The van der Waals surface area contributed by atoms with Gasteiger partial charge in [-0.15, -0.1) is 0 Å². The molecule has 2 heterocycles. The van der Waals surface area contributed by atoms with Gasteiger partial charge in [-0.25, -0.2) is 4.79 Å².